The summed E-state index contributed by atoms with van der Waals surface area (Å²) in [6, 6.07) is 9.53. The molecule has 2 nitrogen and oxygen atoms in total. The molecule has 138 valence electrons. The Bertz CT molecular complexity index is 790. The van der Waals surface area contributed by atoms with Crippen molar-refractivity contribution in [2.45, 2.75) is 51.3 Å². The van der Waals surface area contributed by atoms with Gasteiger partial charge in [0, 0.05) is 5.56 Å². The standard InChI is InChI=1S/C21H21F3O2/c1-14-10-18(8-7-17(14)12-25)26-13-15-6-9-19(16-4-2-3-5-16)20(11-15)21(22,23)24/h6-12,16H,2-5,13H2,1H3. The Hall–Kier alpha value is -2.30. The van der Waals surface area contributed by atoms with Gasteiger partial charge in [-0.25, -0.2) is 0 Å². The smallest absolute Gasteiger partial charge is 0.416 e. The number of halogens is 3. The monoisotopic (exact) mass is 362 g/mol. The van der Waals surface area contributed by atoms with Crippen LogP contribution in [0.3, 0.4) is 0 Å². The van der Waals surface area contributed by atoms with Crippen LogP contribution in [0.1, 0.15) is 64.2 Å². The van der Waals surface area contributed by atoms with Crippen LogP contribution in [0.2, 0.25) is 0 Å². The lowest BCUT2D eigenvalue weighted by atomic mass is 9.91. The molecule has 1 aliphatic rings. The molecule has 26 heavy (non-hydrogen) atoms. The van der Waals surface area contributed by atoms with E-state index in [-0.39, 0.29) is 12.5 Å². The number of hydrogen-bond donors (Lipinski definition) is 0. The molecule has 2 aromatic carbocycles. The second-order valence-corrected chi connectivity index (χ2v) is 6.83. The fraction of sp³-hybridized carbons (Fsp3) is 0.381. The fourth-order valence-corrected chi connectivity index (χ4v) is 3.57. The van der Waals surface area contributed by atoms with Crippen LogP contribution >= 0.6 is 0 Å². The maximum atomic E-state index is 13.5. The van der Waals surface area contributed by atoms with Gasteiger partial charge in [0.25, 0.3) is 0 Å². The SMILES string of the molecule is Cc1cc(OCc2ccc(C3CCCC3)c(C(F)(F)F)c2)ccc1C=O. The van der Waals surface area contributed by atoms with Gasteiger partial charge in [-0.05, 0) is 66.6 Å². The summed E-state index contributed by atoms with van der Waals surface area (Å²) in [7, 11) is 0. The number of carbonyl (C=O) groups is 1. The molecule has 0 heterocycles. The number of aryl methyl sites for hydroxylation is 1. The Balaban J connectivity index is 1.80. The van der Waals surface area contributed by atoms with Crippen molar-refractivity contribution in [3.63, 3.8) is 0 Å². The summed E-state index contributed by atoms with van der Waals surface area (Å²) in [4.78, 5) is 10.8. The number of carbonyl (C=O) groups excluding carboxylic acids is 1. The Morgan fingerprint density at radius 2 is 1.85 bits per heavy atom. The van der Waals surface area contributed by atoms with Crippen LogP contribution in [0.25, 0.3) is 0 Å². The largest absolute Gasteiger partial charge is 0.489 e. The highest BCUT2D eigenvalue weighted by atomic mass is 19.4. The van der Waals surface area contributed by atoms with Crippen LogP contribution in [-0.4, -0.2) is 6.29 Å². The van der Waals surface area contributed by atoms with Crippen molar-refractivity contribution in [3.8, 4) is 5.75 Å². The van der Waals surface area contributed by atoms with Crippen LogP contribution in [0.4, 0.5) is 13.2 Å². The second-order valence-electron chi connectivity index (χ2n) is 6.83. The summed E-state index contributed by atoms with van der Waals surface area (Å²) in [5, 5.41) is 0. The van der Waals surface area contributed by atoms with Gasteiger partial charge in [-0.15, -0.1) is 0 Å². The van der Waals surface area contributed by atoms with E-state index >= 15 is 0 Å². The van der Waals surface area contributed by atoms with Gasteiger partial charge in [0.2, 0.25) is 0 Å². The summed E-state index contributed by atoms with van der Waals surface area (Å²) in [5.74, 6) is 0.529. The van der Waals surface area contributed by atoms with Crippen LogP contribution < -0.4 is 4.74 Å². The molecule has 1 aliphatic carbocycles. The molecule has 0 unspecified atom stereocenters. The molecule has 0 spiro atoms. The molecule has 0 amide bonds. The average Bonchev–Trinajstić information content (AvgIpc) is 3.13. The highest BCUT2D eigenvalue weighted by Crippen LogP contribution is 2.42. The number of alkyl halides is 3. The number of ether oxygens (including phenoxy) is 1. The third-order valence-corrected chi connectivity index (χ3v) is 4.99. The minimum absolute atomic E-state index is 0.000119. The molecular weight excluding hydrogens is 341 g/mol. The highest BCUT2D eigenvalue weighted by Gasteiger charge is 2.36. The molecule has 2 aromatic rings. The topological polar surface area (TPSA) is 26.3 Å². The Morgan fingerprint density at radius 3 is 2.46 bits per heavy atom. The minimum atomic E-state index is -4.36. The molecule has 5 heteroatoms. The summed E-state index contributed by atoms with van der Waals surface area (Å²) < 4.78 is 46.1. The van der Waals surface area contributed by atoms with E-state index in [0.717, 1.165) is 37.5 Å². The van der Waals surface area contributed by atoms with Crippen molar-refractivity contribution >= 4 is 6.29 Å². The maximum absolute atomic E-state index is 13.5. The number of hydrogen-bond acceptors (Lipinski definition) is 2. The first-order chi connectivity index (χ1) is 12.4. The molecule has 1 fully saturated rings. The third kappa shape index (κ3) is 4.09. The van der Waals surface area contributed by atoms with Gasteiger partial charge in [-0.1, -0.05) is 25.0 Å². The first-order valence-corrected chi connectivity index (χ1v) is 8.77. The first-order valence-electron chi connectivity index (χ1n) is 8.77. The molecule has 0 saturated heterocycles. The fourth-order valence-electron chi connectivity index (χ4n) is 3.57. The zero-order valence-electron chi connectivity index (χ0n) is 14.6. The van der Waals surface area contributed by atoms with Crippen molar-refractivity contribution < 1.29 is 22.7 Å². The van der Waals surface area contributed by atoms with Gasteiger partial charge in [0.05, 0.1) is 5.56 Å². The van der Waals surface area contributed by atoms with Gasteiger partial charge >= 0.3 is 6.18 Å². The van der Waals surface area contributed by atoms with Crippen LogP contribution in [-0.2, 0) is 12.8 Å². The summed E-state index contributed by atoms with van der Waals surface area (Å²) in [6.45, 7) is 1.84. The van der Waals surface area contributed by atoms with Gasteiger partial charge in [-0.3, -0.25) is 4.79 Å². The van der Waals surface area contributed by atoms with Gasteiger partial charge in [-0.2, -0.15) is 13.2 Å². The zero-order chi connectivity index (χ0) is 18.7. The highest BCUT2D eigenvalue weighted by molar-refractivity contribution is 5.77. The zero-order valence-corrected chi connectivity index (χ0v) is 14.6. The second kappa shape index (κ2) is 7.52. The lowest BCUT2D eigenvalue weighted by molar-refractivity contribution is -0.138. The van der Waals surface area contributed by atoms with Crippen molar-refractivity contribution in [1.29, 1.82) is 0 Å². The van der Waals surface area contributed by atoms with Crippen LogP contribution in [0.5, 0.6) is 5.75 Å². The summed E-state index contributed by atoms with van der Waals surface area (Å²) in [6.07, 6.45) is 0.0150. The molecule has 0 atom stereocenters. The van der Waals surface area contributed by atoms with E-state index < -0.39 is 11.7 Å². The van der Waals surface area contributed by atoms with E-state index in [0.29, 0.717) is 22.4 Å². The molecule has 0 N–H and O–H groups in total. The molecule has 1 saturated carbocycles. The normalized spacial score (nSPS) is 15.2. The van der Waals surface area contributed by atoms with E-state index in [1.54, 1.807) is 37.3 Å². The Morgan fingerprint density at radius 1 is 1.12 bits per heavy atom. The third-order valence-electron chi connectivity index (χ3n) is 4.99. The summed E-state index contributed by atoms with van der Waals surface area (Å²) in [5.41, 5.74) is 1.68. The van der Waals surface area contributed by atoms with Crippen molar-refractivity contribution in [1.82, 2.24) is 0 Å². The van der Waals surface area contributed by atoms with Crippen molar-refractivity contribution in [2.75, 3.05) is 0 Å². The molecule has 0 radical (unpaired) electrons. The minimum Gasteiger partial charge on any atom is -0.489 e. The molecule has 0 aromatic heterocycles. The quantitative estimate of drug-likeness (QED) is 0.604. The van der Waals surface area contributed by atoms with Crippen molar-refractivity contribution in [3.05, 3.63) is 64.2 Å². The Labute approximate surface area is 151 Å². The average molecular weight is 362 g/mol. The lowest BCUT2D eigenvalue weighted by Crippen LogP contribution is -2.12. The molecule has 0 bridgehead atoms. The van der Waals surface area contributed by atoms with Crippen LogP contribution in [0.15, 0.2) is 36.4 Å². The predicted molar refractivity (Wildman–Crippen MR) is 93.6 cm³/mol. The summed E-state index contributed by atoms with van der Waals surface area (Å²) >= 11 is 0. The lowest BCUT2D eigenvalue weighted by Gasteiger charge is -2.19. The first kappa shape index (κ1) is 18.5. The van der Waals surface area contributed by atoms with E-state index in [4.69, 9.17) is 4.74 Å². The molecule has 0 aliphatic heterocycles. The van der Waals surface area contributed by atoms with E-state index in [2.05, 4.69) is 0 Å². The van der Waals surface area contributed by atoms with Crippen LogP contribution in [0, 0.1) is 6.92 Å². The van der Waals surface area contributed by atoms with Gasteiger partial charge < -0.3 is 4.74 Å². The molecular formula is C21H21F3O2. The number of benzene rings is 2. The van der Waals surface area contributed by atoms with E-state index in [1.165, 1.54) is 6.07 Å². The molecule has 3 rings (SSSR count). The van der Waals surface area contributed by atoms with Gasteiger partial charge in [0.1, 0.15) is 18.6 Å². The van der Waals surface area contributed by atoms with Gasteiger partial charge in [0.15, 0.2) is 0 Å². The Kier molecular flexibility index (Phi) is 5.35. The maximum Gasteiger partial charge on any atom is 0.416 e. The number of aldehydes is 1. The number of rotatable bonds is 5. The van der Waals surface area contributed by atoms with E-state index in [9.17, 15) is 18.0 Å². The predicted octanol–water partition coefficient (Wildman–Crippen LogP) is 6.06. The van der Waals surface area contributed by atoms with E-state index in [1.807, 2.05) is 0 Å². The van der Waals surface area contributed by atoms with Crippen molar-refractivity contribution in [2.24, 2.45) is 0 Å².